The molecule has 1 atom stereocenters. The maximum atomic E-state index is 11.9. The summed E-state index contributed by atoms with van der Waals surface area (Å²) in [6, 6.07) is 5.83. The van der Waals surface area contributed by atoms with E-state index in [2.05, 4.69) is 21.2 Å². The first kappa shape index (κ1) is 17.0. The fourth-order valence-corrected chi connectivity index (χ4v) is 3.17. The van der Waals surface area contributed by atoms with Crippen LogP contribution in [-0.2, 0) is 14.3 Å². The molecule has 6 heteroatoms. The van der Waals surface area contributed by atoms with Crippen LogP contribution in [0.3, 0.4) is 0 Å². The van der Waals surface area contributed by atoms with Gasteiger partial charge in [-0.25, -0.2) is 0 Å². The minimum absolute atomic E-state index is 0.0593. The van der Waals surface area contributed by atoms with E-state index in [1.165, 1.54) is 6.92 Å². The number of rotatable bonds is 5. The maximum Gasteiger partial charge on any atom is 0.249 e. The van der Waals surface area contributed by atoms with Crippen molar-refractivity contribution in [1.29, 1.82) is 0 Å². The molecule has 22 heavy (non-hydrogen) atoms. The summed E-state index contributed by atoms with van der Waals surface area (Å²) in [6.07, 6.45) is 1.36. The molecule has 1 heterocycles. The van der Waals surface area contributed by atoms with E-state index >= 15 is 0 Å². The molecular weight excluding hydrogens is 348 g/mol. The predicted octanol–water partition coefficient (Wildman–Crippen LogP) is 2.41. The van der Waals surface area contributed by atoms with E-state index in [1.807, 2.05) is 25.1 Å². The topological polar surface area (TPSA) is 58.6 Å². The van der Waals surface area contributed by atoms with Crippen LogP contribution >= 0.6 is 15.9 Å². The molecule has 5 nitrogen and oxygen atoms in total. The highest BCUT2D eigenvalue weighted by Gasteiger charge is 2.23. The SMILES string of the molecule is CC(=O)N(CCNC(=O)C1CCCO1)c1ccc(C)cc1Br. The summed E-state index contributed by atoms with van der Waals surface area (Å²) in [7, 11) is 0. The highest BCUT2D eigenvalue weighted by atomic mass is 79.9. The first-order chi connectivity index (χ1) is 10.5. The van der Waals surface area contributed by atoms with Crippen LogP contribution in [-0.4, -0.2) is 37.6 Å². The Morgan fingerprint density at radius 2 is 2.23 bits per heavy atom. The van der Waals surface area contributed by atoms with Gasteiger partial charge in [-0.15, -0.1) is 0 Å². The van der Waals surface area contributed by atoms with Crippen molar-refractivity contribution in [3.8, 4) is 0 Å². The van der Waals surface area contributed by atoms with E-state index < -0.39 is 0 Å². The van der Waals surface area contributed by atoms with Crippen molar-refractivity contribution in [1.82, 2.24) is 5.32 Å². The van der Waals surface area contributed by atoms with Crippen molar-refractivity contribution in [3.63, 3.8) is 0 Å². The summed E-state index contributed by atoms with van der Waals surface area (Å²) in [4.78, 5) is 25.4. The molecular formula is C16H21BrN2O3. The number of carbonyl (C=O) groups excluding carboxylic acids is 2. The first-order valence-electron chi connectivity index (χ1n) is 7.42. The maximum absolute atomic E-state index is 11.9. The van der Waals surface area contributed by atoms with Crippen molar-refractivity contribution in [2.75, 3.05) is 24.6 Å². The minimum atomic E-state index is -0.336. The Labute approximate surface area is 139 Å². The fraction of sp³-hybridized carbons (Fsp3) is 0.500. The van der Waals surface area contributed by atoms with Crippen molar-refractivity contribution in [3.05, 3.63) is 28.2 Å². The Morgan fingerprint density at radius 3 is 2.82 bits per heavy atom. The lowest BCUT2D eigenvalue weighted by Crippen LogP contribution is -2.41. The molecule has 2 rings (SSSR count). The van der Waals surface area contributed by atoms with E-state index in [1.54, 1.807) is 4.90 Å². The second-order valence-electron chi connectivity index (χ2n) is 5.42. The Kier molecular flexibility index (Phi) is 5.97. The molecule has 0 spiro atoms. The molecule has 1 saturated heterocycles. The summed E-state index contributed by atoms with van der Waals surface area (Å²) >= 11 is 3.49. The average molecular weight is 369 g/mol. The molecule has 1 aliphatic rings. The third-order valence-electron chi connectivity index (χ3n) is 3.63. The number of benzene rings is 1. The van der Waals surface area contributed by atoms with Gasteiger partial charge in [0.05, 0.1) is 5.69 Å². The fourth-order valence-electron chi connectivity index (χ4n) is 2.47. The van der Waals surface area contributed by atoms with Gasteiger partial charge in [0.15, 0.2) is 0 Å². The number of nitrogens with zero attached hydrogens (tertiary/aromatic N) is 1. The van der Waals surface area contributed by atoms with Crippen LogP contribution in [0, 0.1) is 6.92 Å². The molecule has 120 valence electrons. The molecule has 1 aromatic carbocycles. The largest absolute Gasteiger partial charge is 0.368 e. The zero-order chi connectivity index (χ0) is 16.1. The smallest absolute Gasteiger partial charge is 0.249 e. The number of nitrogens with one attached hydrogen (secondary N) is 1. The zero-order valence-electron chi connectivity index (χ0n) is 12.9. The molecule has 1 aromatic rings. The van der Waals surface area contributed by atoms with Crippen molar-refractivity contribution in [2.24, 2.45) is 0 Å². The number of halogens is 1. The van der Waals surface area contributed by atoms with Gasteiger partial charge in [-0.05, 0) is 53.4 Å². The molecule has 0 aromatic heterocycles. The van der Waals surface area contributed by atoms with E-state index in [4.69, 9.17) is 4.74 Å². The quantitative estimate of drug-likeness (QED) is 0.867. The van der Waals surface area contributed by atoms with Gasteiger partial charge in [-0.1, -0.05) is 6.07 Å². The normalized spacial score (nSPS) is 17.3. The van der Waals surface area contributed by atoms with Crippen molar-refractivity contribution < 1.29 is 14.3 Å². The molecule has 0 saturated carbocycles. The van der Waals surface area contributed by atoms with Crippen LogP contribution in [0.1, 0.15) is 25.3 Å². The molecule has 0 bridgehead atoms. The Morgan fingerprint density at radius 1 is 1.45 bits per heavy atom. The van der Waals surface area contributed by atoms with Crippen molar-refractivity contribution in [2.45, 2.75) is 32.8 Å². The van der Waals surface area contributed by atoms with E-state index in [-0.39, 0.29) is 17.9 Å². The van der Waals surface area contributed by atoms with Crippen LogP contribution in [0.4, 0.5) is 5.69 Å². The van der Waals surface area contributed by atoms with Crippen LogP contribution < -0.4 is 10.2 Å². The Hall–Kier alpha value is -1.40. The van der Waals surface area contributed by atoms with E-state index in [0.29, 0.717) is 19.7 Å². The van der Waals surface area contributed by atoms with Gasteiger partial charge in [-0.3, -0.25) is 9.59 Å². The number of hydrogen-bond acceptors (Lipinski definition) is 3. The lowest BCUT2D eigenvalue weighted by Gasteiger charge is -2.23. The number of anilines is 1. The number of amides is 2. The Bertz CT molecular complexity index is 556. The summed E-state index contributed by atoms with van der Waals surface area (Å²) in [5.74, 6) is -0.153. The summed E-state index contributed by atoms with van der Waals surface area (Å²) in [6.45, 7) is 4.99. The van der Waals surface area contributed by atoms with Crippen molar-refractivity contribution >= 4 is 33.4 Å². The summed E-state index contributed by atoms with van der Waals surface area (Å²) in [5, 5.41) is 2.84. The van der Waals surface area contributed by atoms with Crippen LogP contribution in [0.25, 0.3) is 0 Å². The lowest BCUT2D eigenvalue weighted by molar-refractivity contribution is -0.130. The molecule has 1 fully saturated rings. The lowest BCUT2D eigenvalue weighted by atomic mass is 10.2. The highest BCUT2D eigenvalue weighted by Crippen LogP contribution is 2.27. The number of carbonyl (C=O) groups is 2. The van der Waals surface area contributed by atoms with Gasteiger partial charge in [-0.2, -0.15) is 0 Å². The third-order valence-corrected chi connectivity index (χ3v) is 4.27. The highest BCUT2D eigenvalue weighted by molar-refractivity contribution is 9.10. The molecule has 0 aliphatic carbocycles. The second-order valence-corrected chi connectivity index (χ2v) is 6.27. The molecule has 0 radical (unpaired) electrons. The Balaban J connectivity index is 1.94. The third kappa shape index (κ3) is 4.30. The van der Waals surface area contributed by atoms with Gasteiger partial charge >= 0.3 is 0 Å². The first-order valence-corrected chi connectivity index (χ1v) is 8.22. The molecule has 1 N–H and O–H groups in total. The van der Waals surface area contributed by atoms with Gasteiger partial charge in [0.2, 0.25) is 11.8 Å². The molecule has 2 amide bonds. The average Bonchev–Trinajstić information content (AvgIpc) is 2.98. The van der Waals surface area contributed by atoms with E-state index in [9.17, 15) is 9.59 Å². The van der Waals surface area contributed by atoms with Gasteiger partial charge in [0.25, 0.3) is 0 Å². The summed E-state index contributed by atoms with van der Waals surface area (Å²) < 4.78 is 6.21. The molecule has 1 unspecified atom stereocenters. The minimum Gasteiger partial charge on any atom is -0.368 e. The number of ether oxygens (including phenoxy) is 1. The monoisotopic (exact) mass is 368 g/mol. The van der Waals surface area contributed by atoms with Crippen LogP contribution in [0.2, 0.25) is 0 Å². The summed E-state index contributed by atoms with van der Waals surface area (Å²) in [5.41, 5.74) is 1.93. The zero-order valence-corrected chi connectivity index (χ0v) is 14.5. The predicted molar refractivity (Wildman–Crippen MR) is 88.9 cm³/mol. The standard InChI is InChI=1S/C16H21BrN2O3/c1-11-5-6-14(13(17)10-11)19(12(2)20)8-7-18-16(21)15-4-3-9-22-15/h5-6,10,15H,3-4,7-9H2,1-2H3,(H,18,21). The molecule has 1 aliphatic heterocycles. The number of aryl methyl sites for hydroxylation is 1. The number of hydrogen-bond donors (Lipinski definition) is 1. The van der Waals surface area contributed by atoms with Gasteiger partial charge < -0.3 is 15.0 Å². The van der Waals surface area contributed by atoms with E-state index in [0.717, 1.165) is 28.6 Å². The van der Waals surface area contributed by atoms with Gasteiger partial charge in [0, 0.05) is 31.1 Å². The second kappa shape index (κ2) is 7.74. The van der Waals surface area contributed by atoms with Gasteiger partial charge in [0.1, 0.15) is 6.10 Å². The van der Waals surface area contributed by atoms with Crippen LogP contribution in [0.5, 0.6) is 0 Å². The van der Waals surface area contributed by atoms with Crippen LogP contribution in [0.15, 0.2) is 22.7 Å².